The van der Waals surface area contributed by atoms with E-state index in [0.29, 0.717) is 12.1 Å². The second-order valence-electron chi connectivity index (χ2n) is 5.02. The molecule has 6 nitrogen and oxygen atoms in total. The second-order valence-corrected chi connectivity index (χ2v) is 5.02. The van der Waals surface area contributed by atoms with E-state index < -0.39 is 12.2 Å². The number of hydrogen-bond acceptors (Lipinski definition) is 4. The van der Waals surface area contributed by atoms with Crippen LogP contribution in [0.15, 0.2) is 36.8 Å². The first-order chi connectivity index (χ1) is 10.2. The molecule has 3 rings (SSSR count). The summed E-state index contributed by atoms with van der Waals surface area (Å²) < 4.78 is 5.70. The van der Waals surface area contributed by atoms with E-state index in [4.69, 9.17) is 4.74 Å². The van der Waals surface area contributed by atoms with Crippen LogP contribution < -0.4 is 10.1 Å². The third kappa shape index (κ3) is 3.05. The van der Waals surface area contributed by atoms with Crippen molar-refractivity contribution in [2.75, 3.05) is 6.54 Å². The van der Waals surface area contributed by atoms with Crippen LogP contribution in [0.5, 0.6) is 5.75 Å². The van der Waals surface area contributed by atoms with E-state index in [9.17, 15) is 9.90 Å². The molecule has 2 aromatic rings. The van der Waals surface area contributed by atoms with E-state index >= 15 is 0 Å². The Morgan fingerprint density at radius 3 is 3.19 bits per heavy atom. The van der Waals surface area contributed by atoms with Gasteiger partial charge < -0.3 is 20.1 Å². The predicted octanol–water partition coefficient (Wildman–Crippen LogP) is 0.953. The normalized spacial score (nSPS) is 18.4. The highest BCUT2D eigenvalue weighted by Gasteiger charge is 2.26. The number of hydrogen-bond donors (Lipinski definition) is 3. The van der Waals surface area contributed by atoms with Crippen molar-refractivity contribution in [3.05, 3.63) is 48.0 Å². The van der Waals surface area contributed by atoms with Crippen molar-refractivity contribution < 1.29 is 14.6 Å². The van der Waals surface area contributed by atoms with Crippen LogP contribution in [0.3, 0.4) is 0 Å². The average Bonchev–Trinajstić information content (AvgIpc) is 3.06. The maximum Gasteiger partial charge on any atom is 0.261 e. The van der Waals surface area contributed by atoms with Crippen LogP contribution in [-0.4, -0.2) is 33.6 Å². The fourth-order valence-corrected chi connectivity index (χ4v) is 2.38. The Labute approximate surface area is 122 Å². The molecule has 1 aromatic heterocycles. The SMILES string of the molecule is O=C(NCC(O)c1cnc[nH]1)C1CCc2ccccc2O1. The number of aliphatic hydroxyl groups excluding tert-OH is 1. The number of para-hydroxylation sites is 1. The van der Waals surface area contributed by atoms with Crippen molar-refractivity contribution in [3.8, 4) is 5.75 Å². The summed E-state index contributed by atoms with van der Waals surface area (Å²) in [5.74, 6) is 0.557. The number of H-pyrrole nitrogens is 1. The van der Waals surface area contributed by atoms with Gasteiger partial charge in [-0.2, -0.15) is 0 Å². The number of imidazole rings is 1. The standard InChI is InChI=1S/C15H17N3O3/c19-12(11-7-16-9-18-11)8-17-15(20)14-6-5-10-3-1-2-4-13(10)21-14/h1-4,7,9,12,14,19H,5-6,8H2,(H,16,18)(H,17,20). The molecule has 1 aliphatic rings. The summed E-state index contributed by atoms with van der Waals surface area (Å²) in [7, 11) is 0. The Bertz CT molecular complexity index is 612. The molecule has 0 fully saturated rings. The van der Waals surface area contributed by atoms with Crippen molar-refractivity contribution in [1.82, 2.24) is 15.3 Å². The average molecular weight is 287 g/mol. The summed E-state index contributed by atoms with van der Waals surface area (Å²) in [4.78, 5) is 18.8. The summed E-state index contributed by atoms with van der Waals surface area (Å²) in [6.45, 7) is 0.128. The molecule has 0 aliphatic carbocycles. The number of carbonyl (C=O) groups excluding carboxylic acids is 1. The first-order valence-corrected chi connectivity index (χ1v) is 6.92. The summed E-state index contributed by atoms with van der Waals surface area (Å²) >= 11 is 0. The Morgan fingerprint density at radius 1 is 1.52 bits per heavy atom. The zero-order valence-corrected chi connectivity index (χ0v) is 11.5. The number of ether oxygens (including phenoxy) is 1. The number of fused-ring (bicyclic) bond motifs is 1. The van der Waals surface area contributed by atoms with E-state index in [1.807, 2.05) is 24.3 Å². The summed E-state index contributed by atoms with van der Waals surface area (Å²) in [5.41, 5.74) is 1.70. The number of aliphatic hydroxyl groups is 1. The molecule has 2 atom stereocenters. The fraction of sp³-hybridized carbons (Fsp3) is 0.333. The Hall–Kier alpha value is -2.34. The lowest BCUT2D eigenvalue weighted by Gasteiger charge is -2.25. The number of aromatic nitrogens is 2. The van der Waals surface area contributed by atoms with E-state index in [0.717, 1.165) is 17.7 Å². The smallest absolute Gasteiger partial charge is 0.261 e. The van der Waals surface area contributed by atoms with Crippen LogP contribution in [0.25, 0.3) is 0 Å². The third-order valence-electron chi connectivity index (χ3n) is 3.56. The maximum atomic E-state index is 12.1. The molecule has 0 radical (unpaired) electrons. The molecular formula is C15H17N3O3. The number of nitrogens with zero attached hydrogens (tertiary/aromatic N) is 1. The van der Waals surface area contributed by atoms with Crippen molar-refractivity contribution in [2.24, 2.45) is 0 Å². The molecule has 2 unspecified atom stereocenters. The Kier molecular flexibility index (Phi) is 3.87. The number of aromatic amines is 1. The zero-order chi connectivity index (χ0) is 14.7. The first-order valence-electron chi connectivity index (χ1n) is 6.92. The molecule has 110 valence electrons. The minimum Gasteiger partial charge on any atom is -0.480 e. The van der Waals surface area contributed by atoms with Crippen LogP contribution in [0, 0.1) is 0 Å². The minimum absolute atomic E-state index is 0.128. The summed E-state index contributed by atoms with van der Waals surface area (Å²) in [6.07, 6.45) is 3.17. The molecule has 0 spiro atoms. The van der Waals surface area contributed by atoms with Gasteiger partial charge in [-0.05, 0) is 24.5 Å². The van der Waals surface area contributed by atoms with Crippen LogP contribution in [0.1, 0.15) is 23.8 Å². The molecule has 0 saturated carbocycles. The van der Waals surface area contributed by atoms with Crippen molar-refractivity contribution in [1.29, 1.82) is 0 Å². The van der Waals surface area contributed by atoms with Gasteiger partial charge in [0.05, 0.1) is 18.2 Å². The van der Waals surface area contributed by atoms with Gasteiger partial charge in [0, 0.05) is 6.54 Å². The molecule has 2 heterocycles. The van der Waals surface area contributed by atoms with Gasteiger partial charge >= 0.3 is 0 Å². The molecular weight excluding hydrogens is 270 g/mol. The van der Waals surface area contributed by atoms with Gasteiger partial charge in [-0.3, -0.25) is 4.79 Å². The van der Waals surface area contributed by atoms with Gasteiger partial charge in [0.2, 0.25) is 0 Å². The lowest BCUT2D eigenvalue weighted by molar-refractivity contribution is -0.129. The lowest BCUT2D eigenvalue weighted by atomic mass is 10.0. The minimum atomic E-state index is -0.799. The third-order valence-corrected chi connectivity index (χ3v) is 3.56. The molecule has 6 heteroatoms. The van der Waals surface area contributed by atoms with Gasteiger partial charge in [0.15, 0.2) is 6.10 Å². The number of amides is 1. The molecule has 1 aliphatic heterocycles. The topological polar surface area (TPSA) is 87.2 Å². The van der Waals surface area contributed by atoms with E-state index in [1.165, 1.54) is 12.5 Å². The van der Waals surface area contributed by atoms with Gasteiger partial charge in [0.25, 0.3) is 5.91 Å². The predicted molar refractivity (Wildman–Crippen MR) is 75.7 cm³/mol. The second kappa shape index (κ2) is 5.97. The molecule has 0 bridgehead atoms. The van der Waals surface area contributed by atoms with Crippen molar-refractivity contribution in [3.63, 3.8) is 0 Å². The van der Waals surface area contributed by atoms with E-state index in [2.05, 4.69) is 15.3 Å². The highest BCUT2D eigenvalue weighted by molar-refractivity contribution is 5.81. The highest BCUT2D eigenvalue weighted by atomic mass is 16.5. The lowest BCUT2D eigenvalue weighted by Crippen LogP contribution is -2.41. The van der Waals surface area contributed by atoms with Crippen molar-refractivity contribution >= 4 is 5.91 Å². The monoisotopic (exact) mass is 287 g/mol. The zero-order valence-electron chi connectivity index (χ0n) is 11.5. The van der Waals surface area contributed by atoms with Crippen LogP contribution in [0.2, 0.25) is 0 Å². The number of benzene rings is 1. The Morgan fingerprint density at radius 2 is 2.38 bits per heavy atom. The molecule has 3 N–H and O–H groups in total. The first kappa shape index (κ1) is 13.6. The molecule has 0 saturated heterocycles. The number of rotatable bonds is 4. The summed E-state index contributed by atoms with van der Waals surface area (Å²) in [6, 6.07) is 7.73. The number of carbonyl (C=O) groups is 1. The quantitative estimate of drug-likeness (QED) is 0.781. The maximum absolute atomic E-state index is 12.1. The van der Waals surface area contributed by atoms with Gasteiger partial charge in [-0.25, -0.2) is 4.98 Å². The number of aryl methyl sites for hydroxylation is 1. The Balaban J connectivity index is 1.55. The van der Waals surface area contributed by atoms with Crippen LogP contribution in [0.4, 0.5) is 0 Å². The summed E-state index contributed by atoms with van der Waals surface area (Å²) in [5, 5.41) is 12.6. The van der Waals surface area contributed by atoms with Gasteiger partial charge in [0.1, 0.15) is 11.9 Å². The largest absolute Gasteiger partial charge is 0.480 e. The van der Waals surface area contributed by atoms with Gasteiger partial charge in [-0.1, -0.05) is 18.2 Å². The van der Waals surface area contributed by atoms with E-state index in [1.54, 1.807) is 0 Å². The number of nitrogens with one attached hydrogen (secondary N) is 2. The fourth-order valence-electron chi connectivity index (χ4n) is 2.38. The molecule has 1 aromatic carbocycles. The molecule has 1 amide bonds. The van der Waals surface area contributed by atoms with Crippen molar-refractivity contribution in [2.45, 2.75) is 25.0 Å². The van der Waals surface area contributed by atoms with Gasteiger partial charge in [-0.15, -0.1) is 0 Å². The highest BCUT2D eigenvalue weighted by Crippen LogP contribution is 2.27. The van der Waals surface area contributed by atoms with Crippen LogP contribution in [-0.2, 0) is 11.2 Å². The molecule has 21 heavy (non-hydrogen) atoms. The van der Waals surface area contributed by atoms with E-state index in [-0.39, 0.29) is 12.5 Å². The van der Waals surface area contributed by atoms with Crippen LogP contribution >= 0.6 is 0 Å².